The molecule has 1 aromatic carbocycles. The molecule has 3 aromatic rings. The molecule has 0 bridgehead atoms. The van der Waals surface area contributed by atoms with Gasteiger partial charge in [0.05, 0.1) is 23.6 Å². The van der Waals surface area contributed by atoms with Crippen LogP contribution in [0.3, 0.4) is 0 Å². The Morgan fingerprint density at radius 3 is 2.96 bits per heavy atom. The maximum Gasteiger partial charge on any atom is 0.241 e. The number of carbonyl (C=O) groups is 1. The highest BCUT2D eigenvalue weighted by atomic mass is 16.2. The van der Waals surface area contributed by atoms with Crippen LogP contribution in [0, 0.1) is 0 Å². The van der Waals surface area contributed by atoms with Crippen LogP contribution < -0.4 is 11.1 Å². The molecule has 0 saturated heterocycles. The number of hydrogen-bond donors (Lipinski definition) is 3. The van der Waals surface area contributed by atoms with Crippen molar-refractivity contribution < 1.29 is 4.79 Å². The molecule has 1 atom stereocenters. The van der Waals surface area contributed by atoms with Crippen molar-refractivity contribution in [2.75, 3.05) is 5.32 Å². The lowest BCUT2D eigenvalue weighted by molar-refractivity contribution is -0.117. The highest BCUT2D eigenvalue weighted by molar-refractivity contribution is 6.04. The second kappa shape index (κ2) is 6.64. The first kappa shape index (κ1) is 15.8. The number of para-hydroxylation sites is 1. The number of nitrogens with one attached hydrogen (secondary N) is 2. The number of fused-ring (bicyclic) bond motifs is 2. The Labute approximate surface area is 145 Å². The van der Waals surface area contributed by atoms with Crippen molar-refractivity contribution in [3.63, 3.8) is 0 Å². The Bertz CT molecular complexity index is 904. The lowest BCUT2D eigenvalue weighted by atomic mass is 9.92. The first-order valence-electron chi connectivity index (χ1n) is 8.66. The third-order valence-corrected chi connectivity index (χ3v) is 4.75. The van der Waals surface area contributed by atoms with E-state index < -0.39 is 6.04 Å². The van der Waals surface area contributed by atoms with E-state index >= 15 is 0 Å². The number of aromatic amines is 1. The van der Waals surface area contributed by atoms with Gasteiger partial charge in [0.25, 0.3) is 0 Å². The normalized spacial score (nSPS) is 14.9. The highest BCUT2D eigenvalue weighted by Gasteiger charge is 2.22. The molecule has 2 aromatic heterocycles. The topological polar surface area (TPSA) is 96.7 Å². The quantitative estimate of drug-likeness (QED) is 0.682. The molecule has 128 valence electrons. The molecule has 1 amide bonds. The van der Waals surface area contributed by atoms with Gasteiger partial charge >= 0.3 is 0 Å². The minimum Gasteiger partial charge on any atom is -0.348 e. The zero-order valence-electron chi connectivity index (χ0n) is 14.0. The van der Waals surface area contributed by atoms with Gasteiger partial charge in [-0.2, -0.15) is 0 Å². The summed E-state index contributed by atoms with van der Waals surface area (Å²) in [5, 5.41) is 4.06. The smallest absolute Gasteiger partial charge is 0.241 e. The number of rotatable bonds is 4. The van der Waals surface area contributed by atoms with E-state index in [0.717, 1.165) is 59.2 Å². The minimum atomic E-state index is -0.633. The number of pyridine rings is 1. The number of carbonyl (C=O) groups excluding carboxylic acids is 1. The van der Waals surface area contributed by atoms with Crippen molar-refractivity contribution in [1.82, 2.24) is 15.0 Å². The van der Waals surface area contributed by atoms with Gasteiger partial charge in [0, 0.05) is 29.4 Å². The largest absolute Gasteiger partial charge is 0.348 e. The standard InChI is InChI=1S/C19H21N5O/c20-15(9-12-10-21-11-22-12)19(25)24-18-13-5-1-3-7-16(13)23-17-8-4-2-6-14(17)18/h1,3,5,7,10-11,15H,2,4,6,8-9,20H2,(H,21,22)(H,23,24,25). The van der Waals surface area contributed by atoms with E-state index in [2.05, 4.69) is 15.3 Å². The number of amides is 1. The fourth-order valence-electron chi connectivity index (χ4n) is 3.46. The van der Waals surface area contributed by atoms with Crippen molar-refractivity contribution in [1.29, 1.82) is 0 Å². The number of benzene rings is 1. The Hall–Kier alpha value is -2.73. The zero-order chi connectivity index (χ0) is 17.2. The predicted octanol–water partition coefficient (Wildman–Crippen LogP) is 2.35. The summed E-state index contributed by atoms with van der Waals surface area (Å²) in [6.07, 6.45) is 7.88. The molecular formula is C19H21N5O. The Morgan fingerprint density at radius 2 is 2.12 bits per heavy atom. The van der Waals surface area contributed by atoms with Crippen LogP contribution >= 0.6 is 0 Å². The predicted molar refractivity (Wildman–Crippen MR) is 97.3 cm³/mol. The fourth-order valence-corrected chi connectivity index (χ4v) is 3.46. The Morgan fingerprint density at radius 1 is 1.28 bits per heavy atom. The molecule has 4 N–H and O–H groups in total. The van der Waals surface area contributed by atoms with Gasteiger partial charge in [-0.15, -0.1) is 0 Å². The molecule has 6 nitrogen and oxygen atoms in total. The van der Waals surface area contributed by atoms with Crippen molar-refractivity contribution in [3.05, 3.63) is 53.7 Å². The van der Waals surface area contributed by atoms with E-state index in [1.165, 1.54) is 0 Å². The van der Waals surface area contributed by atoms with Crippen LogP contribution in [0.1, 0.15) is 29.8 Å². The summed E-state index contributed by atoms with van der Waals surface area (Å²) in [7, 11) is 0. The van der Waals surface area contributed by atoms with Crippen LogP contribution in [0.4, 0.5) is 5.69 Å². The monoisotopic (exact) mass is 335 g/mol. The molecule has 1 aliphatic rings. The molecule has 4 rings (SSSR count). The number of aryl methyl sites for hydroxylation is 1. The van der Waals surface area contributed by atoms with Gasteiger partial charge in [-0.3, -0.25) is 9.78 Å². The zero-order valence-corrected chi connectivity index (χ0v) is 14.0. The first-order valence-corrected chi connectivity index (χ1v) is 8.66. The van der Waals surface area contributed by atoms with Gasteiger partial charge in [0.2, 0.25) is 5.91 Å². The van der Waals surface area contributed by atoms with E-state index in [1.807, 2.05) is 24.3 Å². The second-order valence-corrected chi connectivity index (χ2v) is 6.51. The van der Waals surface area contributed by atoms with Crippen molar-refractivity contribution >= 4 is 22.5 Å². The summed E-state index contributed by atoms with van der Waals surface area (Å²) < 4.78 is 0. The van der Waals surface area contributed by atoms with Gasteiger partial charge in [-0.1, -0.05) is 18.2 Å². The highest BCUT2D eigenvalue weighted by Crippen LogP contribution is 2.33. The molecule has 0 spiro atoms. The molecule has 1 unspecified atom stereocenters. The maximum atomic E-state index is 12.7. The Balaban J connectivity index is 1.67. The number of hydrogen-bond acceptors (Lipinski definition) is 4. The number of nitrogens with two attached hydrogens (primary N) is 1. The molecule has 0 aliphatic heterocycles. The molecule has 6 heteroatoms. The van der Waals surface area contributed by atoms with E-state index in [-0.39, 0.29) is 5.91 Å². The Kier molecular flexibility index (Phi) is 4.19. The summed E-state index contributed by atoms with van der Waals surface area (Å²) in [5.41, 5.74) is 11.0. The van der Waals surface area contributed by atoms with Crippen LogP contribution in [0.2, 0.25) is 0 Å². The van der Waals surface area contributed by atoms with E-state index in [4.69, 9.17) is 10.7 Å². The molecular weight excluding hydrogens is 314 g/mol. The van der Waals surface area contributed by atoms with Crippen molar-refractivity contribution in [3.8, 4) is 0 Å². The van der Waals surface area contributed by atoms with Crippen LogP contribution in [0.25, 0.3) is 10.9 Å². The summed E-state index contributed by atoms with van der Waals surface area (Å²) >= 11 is 0. The van der Waals surface area contributed by atoms with Crippen LogP contribution in [-0.4, -0.2) is 26.9 Å². The number of aromatic nitrogens is 3. The summed E-state index contributed by atoms with van der Waals surface area (Å²) in [6, 6.07) is 7.31. The minimum absolute atomic E-state index is 0.182. The molecule has 0 fully saturated rings. The van der Waals surface area contributed by atoms with Gasteiger partial charge in [0.15, 0.2) is 0 Å². The summed E-state index contributed by atoms with van der Waals surface area (Å²) in [6.45, 7) is 0. The van der Waals surface area contributed by atoms with E-state index in [0.29, 0.717) is 6.42 Å². The lowest BCUT2D eigenvalue weighted by Crippen LogP contribution is -2.38. The van der Waals surface area contributed by atoms with Crippen LogP contribution in [0.5, 0.6) is 0 Å². The third-order valence-electron chi connectivity index (χ3n) is 4.75. The maximum absolute atomic E-state index is 12.7. The van der Waals surface area contributed by atoms with Crippen LogP contribution in [0.15, 0.2) is 36.8 Å². The van der Waals surface area contributed by atoms with Gasteiger partial charge in [0.1, 0.15) is 0 Å². The summed E-state index contributed by atoms with van der Waals surface area (Å²) in [5.74, 6) is -0.182. The molecule has 25 heavy (non-hydrogen) atoms. The second-order valence-electron chi connectivity index (χ2n) is 6.51. The number of nitrogens with zero attached hydrogens (tertiary/aromatic N) is 2. The first-order chi connectivity index (χ1) is 12.2. The average molecular weight is 335 g/mol. The molecule has 1 aliphatic carbocycles. The summed E-state index contributed by atoms with van der Waals surface area (Å²) in [4.78, 5) is 24.4. The fraction of sp³-hybridized carbons (Fsp3) is 0.316. The molecule has 2 heterocycles. The van der Waals surface area contributed by atoms with Crippen molar-refractivity contribution in [2.24, 2.45) is 5.73 Å². The van der Waals surface area contributed by atoms with Gasteiger partial charge < -0.3 is 16.0 Å². The van der Waals surface area contributed by atoms with E-state index in [1.54, 1.807) is 12.5 Å². The van der Waals surface area contributed by atoms with Gasteiger partial charge in [-0.25, -0.2) is 4.98 Å². The van der Waals surface area contributed by atoms with E-state index in [9.17, 15) is 4.79 Å². The van der Waals surface area contributed by atoms with Crippen molar-refractivity contribution in [2.45, 2.75) is 38.1 Å². The lowest BCUT2D eigenvalue weighted by Gasteiger charge is -2.22. The third kappa shape index (κ3) is 3.13. The average Bonchev–Trinajstić information content (AvgIpc) is 3.14. The number of imidazole rings is 1. The molecule has 0 saturated carbocycles. The number of H-pyrrole nitrogens is 1. The van der Waals surface area contributed by atoms with Crippen LogP contribution in [-0.2, 0) is 24.1 Å². The molecule has 0 radical (unpaired) electrons. The SMILES string of the molecule is NC(Cc1cnc[nH]1)C(=O)Nc1c2c(nc3ccccc13)CCCC2. The number of anilines is 1. The van der Waals surface area contributed by atoms with Gasteiger partial charge in [-0.05, 0) is 37.3 Å².